The molecule has 0 heterocycles. The second-order valence-corrected chi connectivity index (χ2v) is 5.97. The molecular weight excluding hydrogens is 268 g/mol. The fourth-order valence-electron chi connectivity index (χ4n) is 2.94. The Bertz CT molecular complexity index is 438. The Kier molecular flexibility index (Phi) is 4.80. The van der Waals surface area contributed by atoms with Crippen LogP contribution in [0.15, 0.2) is 18.2 Å². The molecule has 0 aromatic heterocycles. The summed E-state index contributed by atoms with van der Waals surface area (Å²) in [6.45, 7) is 2.62. The summed E-state index contributed by atoms with van der Waals surface area (Å²) >= 11 is 6.12. The van der Waals surface area contributed by atoms with Gasteiger partial charge < -0.3 is 5.32 Å². The molecule has 1 saturated carbocycles. The molecule has 0 bridgehead atoms. The molecule has 106 valence electrons. The highest BCUT2D eigenvalue weighted by molar-refractivity contribution is 6.18. The molecule has 4 heteroatoms. The minimum absolute atomic E-state index is 0.111. The Labute approximate surface area is 118 Å². The van der Waals surface area contributed by atoms with Gasteiger partial charge in [0.15, 0.2) is 0 Å². The van der Waals surface area contributed by atoms with E-state index in [-0.39, 0.29) is 5.54 Å². The van der Waals surface area contributed by atoms with Crippen LogP contribution in [0.2, 0.25) is 0 Å². The van der Waals surface area contributed by atoms with Crippen LogP contribution in [0.4, 0.5) is 8.78 Å². The lowest BCUT2D eigenvalue weighted by molar-refractivity contribution is 0.207. The highest BCUT2D eigenvalue weighted by atomic mass is 35.5. The lowest BCUT2D eigenvalue weighted by atomic mass is 9.77. The maximum absolute atomic E-state index is 13.6. The van der Waals surface area contributed by atoms with Crippen molar-refractivity contribution in [3.05, 3.63) is 35.4 Å². The minimum atomic E-state index is -0.542. The number of benzene rings is 1. The molecule has 1 nitrogen and oxygen atoms in total. The van der Waals surface area contributed by atoms with Crippen LogP contribution in [-0.4, -0.2) is 11.4 Å². The first-order valence-corrected chi connectivity index (χ1v) is 7.33. The zero-order chi connectivity index (χ0) is 13.9. The average molecular weight is 288 g/mol. The molecule has 0 radical (unpaired) electrons. The Morgan fingerprint density at radius 2 is 2.21 bits per heavy atom. The normalized spacial score (nSPS) is 27.5. The molecule has 1 fully saturated rings. The first-order chi connectivity index (χ1) is 9.04. The number of hydrogen-bond acceptors (Lipinski definition) is 1. The molecular formula is C15H20ClF2N. The Hall–Kier alpha value is -0.670. The summed E-state index contributed by atoms with van der Waals surface area (Å²) in [7, 11) is 0. The van der Waals surface area contributed by atoms with Crippen molar-refractivity contribution in [2.24, 2.45) is 5.92 Å². The Morgan fingerprint density at radius 1 is 1.42 bits per heavy atom. The van der Waals surface area contributed by atoms with E-state index in [4.69, 9.17) is 11.6 Å². The molecule has 0 spiro atoms. The summed E-state index contributed by atoms with van der Waals surface area (Å²) in [5, 5.41) is 3.40. The molecule has 2 rings (SSSR count). The second kappa shape index (κ2) is 6.19. The number of halogens is 3. The number of hydrogen-bond donors (Lipinski definition) is 1. The molecule has 2 unspecified atom stereocenters. The van der Waals surface area contributed by atoms with Crippen LogP contribution in [0, 0.1) is 17.6 Å². The van der Waals surface area contributed by atoms with E-state index in [2.05, 4.69) is 12.2 Å². The van der Waals surface area contributed by atoms with Crippen molar-refractivity contribution in [1.29, 1.82) is 0 Å². The van der Waals surface area contributed by atoms with E-state index < -0.39 is 11.6 Å². The predicted molar refractivity (Wildman–Crippen MR) is 74.3 cm³/mol. The third kappa shape index (κ3) is 3.67. The van der Waals surface area contributed by atoms with E-state index in [1.807, 2.05) is 0 Å². The quantitative estimate of drug-likeness (QED) is 0.817. The monoisotopic (exact) mass is 287 g/mol. The molecule has 0 aliphatic heterocycles. The van der Waals surface area contributed by atoms with Crippen molar-refractivity contribution in [2.45, 2.75) is 44.7 Å². The van der Waals surface area contributed by atoms with E-state index in [1.165, 1.54) is 18.6 Å². The number of nitrogens with one attached hydrogen (secondary N) is 1. The minimum Gasteiger partial charge on any atom is -0.306 e. The fraction of sp³-hybridized carbons (Fsp3) is 0.600. The van der Waals surface area contributed by atoms with E-state index in [0.29, 0.717) is 23.9 Å². The fourth-order valence-corrected chi connectivity index (χ4v) is 3.27. The van der Waals surface area contributed by atoms with Gasteiger partial charge in [-0.05, 0) is 24.8 Å². The standard InChI is InChI=1S/C15H20ClF2N/c1-11-3-2-6-15(8-11,10-16)19-9-12-4-5-13(17)7-14(12)18/h4-5,7,11,19H,2-3,6,8-10H2,1H3. The van der Waals surface area contributed by atoms with Crippen LogP contribution in [0.5, 0.6) is 0 Å². The third-order valence-electron chi connectivity index (χ3n) is 4.02. The van der Waals surface area contributed by atoms with E-state index in [1.54, 1.807) is 0 Å². The number of rotatable bonds is 4. The highest BCUT2D eigenvalue weighted by Gasteiger charge is 2.33. The van der Waals surface area contributed by atoms with Gasteiger partial charge in [0.1, 0.15) is 11.6 Å². The molecule has 1 aliphatic rings. The van der Waals surface area contributed by atoms with Gasteiger partial charge in [0.05, 0.1) is 0 Å². The van der Waals surface area contributed by atoms with Gasteiger partial charge in [-0.15, -0.1) is 11.6 Å². The smallest absolute Gasteiger partial charge is 0.130 e. The summed E-state index contributed by atoms with van der Waals surface area (Å²) in [6, 6.07) is 3.71. The SMILES string of the molecule is CC1CCCC(CCl)(NCc2ccc(F)cc2F)C1. The predicted octanol–water partition coefficient (Wildman–Crippen LogP) is 4.24. The summed E-state index contributed by atoms with van der Waals surface area (Å²) in [5.74, 6) is 0.124. The van der Waals surface area contributed by atoms with Gasteiger partial charge in [-0.2, -0.15) is 0 Å². The first kappa shape index (κ1) is 14.7. The van der Waals surface area contributed by atoms with Crippen LogP contribution in [0.3, 0.4) is 0 Å². The summed E-state index contributed by atoms with van der Waals surface area (Å²) in [4.78, 5) is 0. The average Bonchev–Trinajstić information content (AvgIpc) is 2.38. The van der Waals surface area contributed by atoms with Gasteiger partial charge in [-0.1, -0.05) is 25.8 Å². The van der Waals surface area contributed by atoms with Crippen LogP contribution in [0.1, 0.15) is 38.2 Å². The van der Waals surface area contributed by atoms with Crippen molar-refractivity contribution in [1.82, 2.24) is 5.32 Å². The molecule has 1 aromatic rings. The first-order valence-electron chi connectivity index (χ1n) is 6.79. The van der Waals surface area contributed by atoms with Gasteiger partial charge in [0, 0.05) is 29.6 Å². The van der Waals surface area contributed by atoms with Crippen molar-refractivity contribution >= 4 is 11.6 Å². The van der Waals surface area contributed by atoms with Crippen molar-refractivity contribution in [3.63, 3.8) is 0 Å². The molecule has 0 amide bonds. The summed E-state index contributed by atoms with van der Waals surface area (Å²) in [6.07, 6.45) is 4.40. The van der Waals surface area contributed by atoms with E-state index >= 15 is 0 Å². The van der Waals surface area contributed by atoms with Gasteiger partial charge in [-0.3, -0.25) is 0 Å². The van der Waals surface area contributed by atoms with Gasteiger partial charge in [0.25, 0.3) is 0 Å². The van der Waals surface area contributed by atoms with Crippen molar-refractivity contribution in [3.8, 4) is 0 Å². The maximum atomic E-state index is 13.6. The van der Waals surface area contributed by atoms with Crippen molar-refractivity contribution < 1.29 is 8.78 Å². The highest BCUT2D eigenvalue weighted by Crippen LogP contribution is 2.33. The molecule has 1 N–H and O–H groups in total. The summed E-state index contributed by atoms with van der Waals surface area (Å²) in [5.41, 5.74) is 0.379. The maximum Gasteiger partial charge on any atom is 0.130 e. The Balaban J connectivity index is 2.03. The molecule has 1 aliphatic carbocycles. The van der Waals surface area contributed by atoms with Crippen LogP contribution in [0.25, 0.3) is 0 Å². The van der Waals surface area contributed by atoms with Crippen LogP contribution < -0.4 is 5.32 Å². The molecule has 2 atom stereocenters. The zero-order valence-electron chi connectivity index (χ0n) is 11.2. The Morgan fingerprint density at radius 3 is 2.84 bits per heavy atom. The van der Waals surface area contributed by atoms with Crippen LogP contribution >= 0.6 is 11.6 Å². The number of alkyl halides is 1. The lowest BCUT2D eigenvalue weighted by Crippen LogP contribution is -2.49. The third-order valence-corrected chi connectivity index (χ3v) is 4.53. The van der Waals surface area contributed by atoms with Gasteiger partial charge in [0.2, 0.25) is 0 Å². The zero-order valence-corrected chi connectivity index (χ0v) is 11.9. The van der Waals surface area contributed by atoms with E-state index in [9.17, 15) is 8.78 Å². The molecule has 0 saturated heterocycles. The lowest BCUT2D eigenvalue weighted by Gasteiger charge is -2.39. The largest absolute Gasteiger partial charge is 0.306 e. The van der Waals surface area contributed by atoms with Crippen LogP contribution in [-0.2, 0) is 6.54 Å². The van der Waals surface area contributed by atoms with Gasteiger partial charge >= 0.3 is 0 Å². The molecule has 1 aromatic carbocycles. The second-order valence-electron chi connectivity index (χ2n) is 5.70. The topological polar surface area (TPSA) is 12.0 Å². The van der Waals surface area contributed by atoms with Crippen molar-refractivity contribution in [2.75, 3.05) is 5.88 Å². The van der Waals surface area contributed by atoms with E-state index in [0.717, 1.165) is 25.3 Å². The summed E-state index contributed by atoms with van der Waals surface area (Å²) < 4.78 is 26.5. The van der Waals surface area contributed by atoms with Gasteiger partial charge in [-0.25, -0.2) is 8.78 Å². The molecule has 19 heavy (non-hydrogen) atoms.